The Morgan fingerprint density at radius 3 is 1.02 bits per heavy atom. The Balaban J connectivity index is 4.36. The Kier molecular flexibility index (Phi) is 49.8. The van der Waals surface area contributed by atoms with E-state index < -0.39 is 6.10 Å². The molecule has 0 radical (unpaired) electrons. The first-order chi connectivity index (χ1) is 31.0. The van der Waals surface area contributed by atoms with E-state index in [1.54, 1.807) is 0 Å². The summed E-state index contributed by atoms with van der Waals surface area (Å²) in [7, 11) is 0. The van der Waals surface area contributed by atoms with Crippen LogP contribution in [0.4, 0.5) is 0 Å². The monoisotopic (exact) mass is 883 g/mol. The molecule has 1 atom stereocenters. The first-order valence-corrected chi connectivity index (χ1v) is 27.2. The molecule has 6 heteroatoms. The lowest BCUT2D eigenvalue weighted by Crippen LogP contribution is -2.30. The SMILES string of the molecule is CC\C=C/C=C\C=C/CCCCCCCC(=O)OCC(COC(=O)CCCCCCCCCCCCCCCCCCCC)OC(=O)CCCCC/C=C\CCCCCCCCC. The fourth-order valence-electron chi connectivity index (χ4n) is 7.79. The molecule has 366 valence electrons. The molecule has 0 aromatic rings. The molecule has 0 spiro atoms. The van der Waals surface area contributed by atoms with Crippen LogP contribution in [-0.2, 0) is 28.6 Å². The summed E-state index contributed by atoms with van der Waals surface area (Å²) in [5.41, 5.74) is 0. The van der Waals surface area contributed by atoms with E-state index >= 15 is 0 Å². The van der Waals surface area contributed by atoms with Gasteiger partial charge in [-0.05, 0) is 64.2 Å². The summed E-state index contributed by atoms with van der Waals surface area (Å²) in [5.74, 6) is -0.910. The minimum Gasteiger partial charge on any atom is -0.462 e. The Hall–Kier alpha value is -2.63. The molecule has 0 aromatic heterocycles. The molecule has 0 aliphatic rings. The van der Waals surface area contributed by atoms with Gasteiger partial charge in [0.15, 0.2) is 6.10 Å². The zero-order valence-electron chi connectivity index (χ0n) is 41.8. The molecule has 0 N–H and O–H groups in total. The van der Waals surface area contributed by atoms with E-state index in [0.717, 1.165) is 96.3 Å². The third-order valence-corrected chi connectivity index (χ3v) is 11.9. The number of hydrogen-bond acceptors (Lipinski definition) is 6. The molecule has 0 bridgehead atoms. The van der Waals surface area contributed by atoms with E-state index in [4.69, 9.17) is 14.2 Å². The average Bonchev–Trinajstić information content (AvgIpc) is 3.28. The van der Waals surface area contributed by atoms with Gasteiger partial charge in [0.05, 0.1) is 0 Å². The summed E-state index contributed by atoms with van der Waals surface area (Å²) in [6, 6.07) is 0. The fourth-order valence-corrected chi connectivity index (χ4v) is 7.79. The van der Waals surface area contributed by atoms with Crippen molar-refractivity contribution in [1.82, 2.24) is 0 Å². The van der Waals surface area contributed by atoms with Crippen molar-refractivity contribution < 1.29 is 28.6 Å². The highest BCUT2D eigenvalue weighted by molar-refractivity contribution is 5.71. The number of carbonyl (C=O) groups excluding carboxylic acids is 3. The topological polar surface area (TPSA) is 78.9 Å². The van der Waals surface area contributed by atoms with Crippen LogP contribution in [0.15, 0.2) is 48.6 Å². The van der Waals surface area contributed by atoms with E-state index in [1.807, 2.05) is 0 Å². The summed E-state index contributed by atoms with van der Waals surface area (Å²) in [5, 5.41) is 0. The van der Waals surface area contributed by atoms with E-state index in [1.165, 1.54) is 141 Å². The van der Waals surface area contributed by atoms with Gasteiger partial charge in [-0.15, -0.1) is 0 Å². The number of rotatable bonds is 49. The molecular weight excluding hydrogens is 781 g/mol. The molecule has 1 unspecified atom stereocenters. The molecule has 6 nitrogen and oxygen atoms in total. The van der Waals surface area contributed by atoms with Gasteiger partial charge in [-0.25, -0.2) is 0 Å². The number of ether oxygens (including phenoxy) is 3. The lowest BCUT2D eigenvalue weighted by molar-refractivity contribution is -0.167. The predicted octanol–water partition coefficient (Wildman–Crippen LogP) is 17.9. The zero-order valence-corrected chi connectivity index (χ0v) is 41.8. The van der Waals surface area contributed by atoms with Crippen molar-refractivity contribution in [1.29, 1.82) is 0 Å². The fraction of sp³-hybridized carbons (Fsp3) is 0.807. The molecule has 0 amide bonds. The Bertz CT molecular complexity index is 1110. The van der Waals surface area contributed by atoms with Crippen molar-refractivity contribution in [3.8, 4) is 0 Å². The van der Waals surface area contributed by atoms with Crippen molar-refractivity contribution in [3.05, 3.63) is 48.6 Å². The van der Waals surface area contributed by atoms with Crippen LogP contribution in [0.1, 0.15) is 278 Å². The quantitative estimate of drug-likeness (QED) is 0.0199. The average molecular weight is 883 g/mol. The Morgan fingerprint density at radius 2 is 0.635 bits per heavy atom. The van der Waals surface area contributed by atoms with Gasteiger partial charge in [0.25, 0.3) is 0 Å². The van der Waals surface area contributed by atoms with E-state index in [0.29, 0.717) is 19.3 Å². The summed E-state index contributed by atoms with van der Waals surface area (Å²) in [6.45, 7) is 6.50. The molecule has 0 aromatic carbocycles. The van der Waals surface area contributed by atoms with Crippen molar-refractivity contribution in [2.45, 2.75) is 284 Å². The zero-order chi connectivity index (χ0) is 45.8. The summed E-state index contributed by atoms with van der Waals surface area (Å²) >= 11 is 0. The molecule has 0 aliphatic carbocycles. The summed E-state index contributed by atoms with van der Waals surface area (Å²) < 4.78 is 16.8. The van der Waals surface area contributed by atoms with Crippen LogP contribution in [0.3, 0.4) is 0 Å². The van der Waals surface area contributed by atoms with Gasteiger partial charge < -0.3 is 14.2 Å². The Labute approximate surface area is 390 Å². The van der Waals surface area contributed by atoms with Crippen molar-refractivity contribution in [2.24, 2.45) is 0 Å². The molecule has 0 saturated heterocycles. The van der Waals surface area contributed by atoms with Crippen LogP contribution < -0.4 is 0 Å². The van der Waals surface area contributed by atoms with Crippen molar-refractivity contribution >= 4 is 17.9 Å². The van der Waals surface area contributed by atoms with Crippen molar-refractivity contribution in [2.75, 3.05) is 13.2 Å². The molecular formula is C57H102O6. The molecule has 63 heavy (non-hydrogen) atoms. The van der Waals surface area contributed by atoms with Gasteiger partial charge in [-0.1, -0.05) is 243 Å². The van der Waals surface area contributed by atoms with Gasteiger partial charge in [0.1, 0.15) is 13.2 Å². The second-order valence-electron chi connectivity index (χ2n) is 18.2. The smallest absolute Gasteiger partial charge is 0.306 e. The number of esters is 3. The lowest BCUT2D eigenvalue weighted by atomic mass is 10.0. The normalized spacial score (nSPS) is 12.4. The molecule has 0 aliphatic heterocycles. The number of allylic oxidation sites excluding steroid dienone is 8. The first-order valence-electron chi connectivity index (χ1n) is 27.2. The molecule has 0 rings (SSSR count). The van der Waals surface area contributed by atoms with Gasteiger partial charge in [0.2, 0.25) is 0 Å². The maximum absolute atomic E-state index is 12.8. The number of carbonyl (C=O) groups is 3. The minimum atomic E-state index is -0.786. The highest BCUT2D eigenvalue weighted by Gasteiger charge is 2.19. The number of unbranched alkanes of at least 4 members (excludes halogenated alkanes) is 32. The predicted molar refractivity (Wildman–Crippen MR) is 270 cm³/mol. The van der Waals surface area contributed by atoms with Crippen LogP contribution in [0.5, 0.6) is 0 Å². The first kappa shape index (κ1) is 60.4. The van der Waals surface area contributed by atoms with Crippen LogP contribution in [-0.4, -0.2) is 37.2 Å². The second kappa shape index (κ2) is 52.0. The maximum Gasteiger partial charge on any atom is 0.306 e. The maximum atomic E-state index is 12.8. The van der Waals surface area contributed by atoms with Gasteiger partial charge in [-0.3, -0.25) is 14.4 Å². The molecule has 0 heterocycles. The lowest BCUT2D eigenvalue weighted by Gasteiger charge is -2.18. The van der Waals surface area contributed by atoms with Gasteiger partial charge >= 0.3 is 17.9 Å². The summed E-state index contributed by atoms with van der Waals surface area (Å²) in [6.07, 6.45) is 62.4. The largest absolute Gasteiger partial charge is 0.462 e. The Morgan fingerprint density at radius 1 is 0.333 bits per heavy atom. The minimum absolute atomic E-state index is 0.0832. The van der Waals surface area contributed by atoms with Crippen LogP contribution in [0, 0.1) is 0 Å². The van der Waals surface area contributed by atoms with E-state index in [2.05, 4.69) is 69.4 Å². The molecule has 0 saturated carbocycles. The van der Waals surface area contributed by atoms with Crippen LogP contribution in [0.2, 0.25) is 0 Å². The van der Waals surface area contributed by atoms with Gasteiger partial charge in [-0.2, -0.15) is 0 Å². The summed E-state index contributed by atoms with van der Waals surface area (Å²) in [4.78, 5) is 38.0. The highest BCUT2D eigenvalue weighted by Crippen LogP contribution is 2.16. The van der Waals surface area contributed by atoms with Crippen molar-refractivity contribution in [3.63, 3.8) is 0 Å². The second-order valence-corrected chi connectivity index (χ2v) is 18.2. The van der Waals surface area contributed by atoms with E-state index in [9.17, 15) is 14.4 Å². The number of hydrogen-bond donors (Lipinski definition) is 0. The third kappa shape index (κ3) is 50.2. The third-order valence-electron chi connectivity index (χ3n) is 11.9. The van der Waals surface area contributed by atoms with Gasteiger partial charge in [0, 0.05) is 19.3 Å². The van der Waals surface area contributed by atoms with Crippen LogP contribution in [0.25, 0.3) is 0 Å². The van der Waals surface area contributed by atoms with Crippen LogP contribution >= 0.6 is 0 Å². The highest BCUT2D eigenvalue weighted by atomic mass is 16.6. The standard InChI is InChI=1S/C57H102O6/c1-4-7-10-13-16-19-22-25-27-28-29-30-33-35-38-41-44-47-50-56(59)62-53-54(52-61-55(58)49-46-43-40-37-34-31-24-21-18-15-12-9-6-3)63-57(60)51-48-45-42-39-36-32-26-23-20-17-14-11-8-5-2/h9,12,15,18,21,24,32,36,54H,4-8,10-11,13-14,16-17,19-20,22-23,25-31,33-35,37-53H2,1-3H3/b12-9-,18-15-,24-21-,36-32-. The molecule has 0 fully saturated rings. The van der Waals surface area contributed by atoms with E-state index in [-0.39, 0.29) is 31.1 Å².